The molecule has 1 aliphatic heterocycles. The summed E-state index contributed by atoms with van der Waals surface area (Å²) in [6, 6.07) is -2.29. The first-order chi connectivity index (χ1) is 14.1. The predicted octanol–water partition coefficient (Wildman–Crippen LogP) is -16.1. The fourth-order valence-corrected chi connectivity index (χ4v) is 3.31. The number of nitrogens with one attached hydrogen (secondary N) is 1. The van der Waals surface area contributed by atoms with E-state index in [1.165, 1.54) is 0 Å². The van der Waals surface area contributed by atoms with Crippen molar-refractivity contribution in [3.63, 3.8) is 0 Å². The Kier molecular flexibility index (Phi) is 19.8. The first kappa shape index (κ1) is 39.7. The molecule has 0 aromatic carbocycles. The zero-order valence-electron chi connectivity index (χ0n) is 17.9. The molecule has 0 bridgehead atoms. The summed E-state index contributed by atoms with van der Waals surface area (Å²) >= 11 is 0. The van der Waals surface area contributed by atoms with Gasteiger partial charge in [0.2, 0.25) is 16.7 Å². The smallest absolute Gasteiger partial charge is 0.735 e. The molecule has 7 atom stereocenters. The van der Waals surface area contributed by atoms with E-state index in [1.807, 2.05) is 0 Å². The average Bonchev–Trinajstić information content (AvgIpc) is 2.63. The second-order valence-electron chi connectivity index (χ2n) is 5.84. The number of rotatable bonds is 12. The van der Waals surface area contributed by atoms with Crippen molar-refractivity contribution in [1.82, 2.24) is 4.72 Å². The summed E-state index contributed by atoms with van der Waals surface area (Å²) in [5.74, 6) is -3.24. The summed E-state index contributed by atoms with van der Waals surface area (Å²) < 4.78 is 79.7. The molecule has 0 spiro atoms. The van der Waals surface area contributed by atoms with E-state index in [-0.39, 0.29) is 95.0 Å². The number of carbonyl (C=O) groups is 2. The minimum absolute atomic E-state index is 0. The van der Waals surface area contributed by atoms with Crippen molar-refractivity contribution in [3.8, 4) is 0 Å². The number of aliphatic hydroxyl groups excluding tert-OH is 4. The molecule has 0 saturated carbocycles. The molecule has 180 valence electrons. The molecular formula is C12H16NNa3O16S2. The monoisotopic (exact) mass is 563 g/mol. The number of aldehydes is 1. The normalized spacial score (nSPS) is 23.8. The van der Waals surface area contributed by atoms with Gasteiger partial charge in [-0.25, -0.2) is 21.6 Å². The fourth-order valence-electron chi connectivity index (χ4n) is 2.31. The van der Waals surface area contributed by atoms with Crippen LogP contribution in [0.25, 0.3) is 0 Å². The van der Waals surface area contributed by atoms with E-state index in [0.29, 0.717) is 6.08 Å². The summed E-state index contributed by atoms with van der Waals surface area (Å²) in [5.41, 5.74) is 0. The van der Waals surface area contributed by atoms with Gasteiger partial charge < -0.3 is 53.7 Å². The number of hydrogen-bond acceptors (Lipinski definition) is 16. The van der Waals surface area contributed by atoms with Crippen molar-refractivity contribution in [1.29, 1.82) is 0 Å². The number of aliphatic carboxylic acids is 1. The number of hydrogen-bond donors (Lipinski definition) is 5. The van der Waals surface area contributed by atoms with Gasteiger partial charge in [-0.05, 0) is 6.08 Å². The number of ether oxygens (including phenoxy) is 2. The molecule has 1 aliphatic rings. The van der Waals surface area contributed by atoms with Gasteiger partial charge in [0.05, 0.1) is 6.61 Å². The maximum absolute atomic E-state index is 11.0. The minimum atomic E-state index is -5.58. The van der Waals surface area contributed by atoms with Crippen molar-refractivity contribution < 1.29 is 163 Å². The molecule has 22 heteroatoms. The Morgan fingerprint density at radius 2 is 1.74 bits per heavy atom. The molecule has 1 rings (SSSR count). The molecule has 0 aliphatic carbocycles. The molecular weight excluding hydrogens is 547 g/mol. The van der Waals surface area contributed by atoms with Gasteiger partial charge in [-0.1, -0.05) is 0 Å². The molecule has 0 unspecified atom stereocenters. The van der Waals surface area contributed by atoms with Gasteiger partial charge in [0.15, 0.2) is 16.4 Å². The Bertz CT molecular complexity index is 899. The number of carboxylic acids is 1. The van der Waals surface area contributed by atoms with Gasteiger partial charge in [-0.2, -0.15) is 0 Å². The topological polar surface area (TPSA) is 292 Å². The molecule has 0 amide bonds. The van der Waals surface area contributed by atoms with Crippen molar-refractivity contribution in [2.24, 2.45) is 0 Å². The third-order valence-corrected chi connectivity index (χ3v) is 4.61. The zero-order chi connectivity index (χ0) is 24.1. The molecule has 34 heavy (non-hydrogen) atoms. The largest absolute Gasteiger partial charge is 1.00 e. The van der Waals surface area contributed by atoms with Crippen molar-refractivity contribution in [2.45, 2.75) is 42.9 Å². The summed E-state index contributed by atoms with van der Waals surface area (Å²) in [4.78, 5) is 22.0. The average molecular weight is 563 g/mol. The Morgan fingerprint density at radius 1 is 1.21 bits per heavy atom. The maximum atomic E-state index is 11.0. The van der Waals surface area contributed by atoms with Crippen LogP contribution >= 0.6 is 0 Å². The Morgan fingerprint density at radius 3 is 2.12 bits per heavy atom. The minimum Gasteiger partial charge on any atom is -0.735 e. The van der Waals surface area contributed by atoms with Gasteiger partial charge >= 0.3 is 88.7 Å². The summed E-state index contributed by atoms with van der Waals surface area (Å²) in [6.45, 7) is -1.25. The Labute approximate surface area is 259 Å². The summed E-state index contributed by atoms with van der Waals surface area (Å²) in [5, 5.41) is 49.9. The van der Waals surface area contributed by atoms with Crippen LogP contribution in [0.2, 0.25) is 0 Å². The van der Waals surface area contributed by atoms with E-state index in [0.717, 1.165) is 4.72 Å². The van der Waals surface area contributed by atoms with Gasteiger partial charge in [-0.15, -0.1) is 0 Å². The zero-order valence-corrected chi connectivity index (χ0v) is 25.5. The summed E-state index contributed by atoms with van der Waals surface area (Å²) in [6.07, 6.45) is -13.9. The molecule has 0 aromatic heterocycles. The molecule has 5 N–H and O–H groups in total. The van der Waals surface area contributed by atoms with Crippen molar-refractivity contribution >= 4 is 33.0 Å². The van der Waals surface area contributed by atoms with Crippen molar-refractivity contribution in [3.05, 3.63) is 11.8 Å². The third-order valence-electron chi connectivity index (χ3n) is 3.59. The first-order valence-electron chi connectivity index (χ1n) is 7.82. The molecule has 0 saturated heterocycles. The van der Waals surface area contributed by atoms with Gasteiger partial charge in [0.25, 0.3) is 0 Å². The van der Waals surface area contributed by atoms with Crippen LogP contribution in [-0.2, 0) is 43.9 Å². The molecule has 1 heterocycles. The quantitative estimate of drug-likeness (QED) is 0.0637. The number of carboxylic acid groups (broad SMARTS) is 1. The van der Waals surface area contributed by atoms with E-state index in [9.17, 15) is 56.0 Å². The second kappa shape index (κ2) is 16.9. The van der Waals surface area contributed by atoms with Crippen LogP contribution < -0.4 is 98.5 Å². The van der Waals surface area contributed by atoms with Crippen LogP contribution in [0.15, 0.2) is 11.8 Å². The number of carbonyl (C=O) groups excluding carboxylic acids is 2. The maximum Gasteiger partial charge on any atom is 1.00 e. The summed E-state index contributed by atoms with van der Waals surface area (Å²) in [7, 11) is -10.9. The van der Waals surface area contributed by atoms with E-state index >= 15 is 0 Å². The molecule has 0 aromatic rings. The van der Waals surface area contributed by atoms with Gasteiger partial charge in [0, 0.05) is 0 Å². The third kappa shape index (κ3) is 13.1. The van der Waals surface area contributed by atoms with Crippen LogP contribution in [-0.4, -0.2) is 108 Å². The first-order valence-corrected chi connectivity index (χ1v) is 10.6. The van der Waals surface area contributed by atoms with Crippen LogP contribution in [0.4, 0.5) is 0 Å². The van der Waals surface area contributed by atoms with Crippen LogP contribution in [0.5, 0.6) is 0 Å². The Balaban J connectivity index is -0.00000320. The van der Waals surface area contributed by atoms with E-state index in [1.54, 1.807) is 0 Å². The molecule has 0 fully saturated rings. The van der Waals surface area contributed by atoms with E-state index in [2.05, 4.69) is 8.92 Å². The van der Waals surface area contributed by atoms with Crippen molar-refractivity contribution in [2.75, 3.05) is 6.61 Å². The number of aliphatic hydroxyl groups is 4. The Hall–Kier alpha value is 1.22. The van der Waals surface area contributed by atoms with Gasteiger partial charge in [0.1, 0.15) is 48.5 Å². The van der Waals surface area contributed by atoms with E-state index in [4.69, 9.17) is 9.84 Å². The van der Waals surface area contributed by atoms with Gasteiger partial charge in [-0.3, -0.25) is 4.18 Å². The van der Waals surface area contributed by atoms with Crippen LogP contribution in [0, 0.1) is 0 Å². The van der Waals surface area contributed by atoms with E-state index < -0.39 is 81.9 Å². The fraction of sp³-hybridized carbons (Fsp3) is 0.667. The standard InChI is InChI=1S/C12H19NO16S2.3Na/c14-2-4(13-30(21,22)23)8(18)9(6(17)3-15)28-12-10(29-31(24,25)26)5(16)1-7(27-12)11(19)20;;;/h1-2,4-6,8-10,12-13,15-18H,3H2,(H,19,20)(H,21,22,23)(H,24,25,26);;;/q;3*+1/p-3/t4-,5-,6+,8+,9+,10+,12-;;;/m0.../s1. The molecule has 0 radical (unpaired) electrons. The predicted molar refractivity (Wildman–Crippen MR) is 85.2 cm³/mol. The van der Waals surface area contributed by atoms with Crippen LogP contribution in [0.3, 0.4) is 0 Å². The molecule has 17 nitrogen and oxygen atoms in total. The van der Waals surface area contributed by atoms with Crippen LogP contribution in [0.1, 0.15) is 0 Å². The SMILES string of the molecule is O=C[C@H](NS(=O)(=O)[O-])[C@@H](O)[C@H](O[C@@H]1OC(C(=O)[O-])=C[C@H](O)[C@H]1OS(=O)(=O)[O-])[C@H](O)CO.[Na+].[Na+].[Na+]. The second-order valence-corrected chi connectivity index (χ2v) is 7.99.